The molecule has 1 aromatic carbocycles. The van der Waals surface area contributed by atoms with Gasteiger partial charge in [-0.2, -0.15) is 0 Å². The molecule has 0 bridgehead atoms. The average Bonchev–Trinajstić information content (AvgIpc) is 2.47. The number of hydrogen-bond acceptors (Lipinski definition) is 2. The van der Waals surface area contributed by atoms with E-state index in [4.69, 9.17) is 12.2 Å². The Balaban J connectivity index is 1.82. The third kappa shape index (κ3) is 4.34. The molecule has 0 aliphatic heterocycles. The highest BCUT2D eigenvalue weighted by molar-refractivity contribution is 7.80. The molecule has 1 unspecified atom stereocenters. The molecular formula is C15H17N3S. The number of pyridine rings is 1. The number of nitrogens with zero attached hydrogens (tertiary/aromatic N) is 1. The van der Waals surface area contributed by atoms with E-state index in [-0.39, 0.29) is 6.04 Å². The fraction of sp³-hybridized carbons (Fsp3) is 0.200. The van der Waals surface area contributed by atoms with Crippen molar-refractivity contribution in [2.45, 2.75) is 19.5 Å². The van der Waals surface area contributed by atoms with Gasteiger partial charge in [0.25, 0.3) is 0 Å². The molecule has 0 aliphatic carbocycles. The summed E-state index contributed by atoms with van der Waals surface area (Å²) in [5.74, 6) is 0. The van der Waals surface area contributed by atoms with E-state index in [1.807, 2.05) is 36.4 Å². The fourth-order valence-corrected chi connectivity index (χ4v) is 2.00. The number of nitrogens with one attached hydrogen (secondary N) is 2. The van der Waals surface area contributed by atoms with Crippen LogP contribution in [-0.2, 0) is 6.54 Å². The van der Waals surface area contributed by atoms with E-state index in [1.165, 1.54) is 5.56 Å². The van der Waals surface area contributed by atoms with Crippen LogP contribution in [0.5, 0.6) is 0 Å². The van der Waals surface area contributed by atoms with E-state index < -0.39 is 0 Å². The van der Waals surface area contributed by atoms with Gasteiger partial charge >= 0.3 is 0 Å². The van der Waals surface area contributed by atoms with Gasteiger partial charge in [-0.15, -0.1) is 0 Å². The SMILES string of the molecule is CC(NC(=S)NCc1ccccn1)c1ccccc1. The molecule has 2 rings (SSSR count). The number of rotatable bonds is 4. The summed E-state index contributed by atoms with van der Waals surface area (Å²) < 4.78 is 0. The first-order valence-corrected chi connectivity index (χ1v) is 6.66. The smallest absolute Gasteiger partial charge is 0.167 e. The molecule has 0 radical (unpaired) electrons. The Labute approximate surface area is 119 Å². The van der Waals surface area contributed by atoms with Crippen LogP contribution in [0, 0.1) is 0 Å². The van der Waals surface area contributed by atoms with Gasteiger partial charge in [-0.05, 0) is 36.8 Å². The highest BCUT2D eigenvalue weighted by atomic mass is 32.1. The molecule has 3 nitrogen and oxygen atoms in total. The van der Waals surface area contributed by atoms with Gasteiger partial charge in [0.05, 0.1) is 18.3 Å². The predicted octanol–water partition coefficient (Wildman–Crippen LogP) is 2.81. The van der Waals surface area contributed by atoms with E-state index in [0.717, 1.165) is 5.69 Å². The number of benzene rings is 1. The predicted molar refractivity (Wildman–Crippen MR) is 81.7 cm³/mol. The van der Waals surface area contributed by atoms with Crippen molar-refractivity contribution in [2.24, 2.45) is 0 Å². The molecule has 1 atom stereocenters. The van der Waals surface area contributed by atoms with Crippen LogP contribution in [0.2, 0.25) is 0 Å². The Morgan fingerprint density at radius 1 is 1.16 bits per heavy atom. The summed E-state index contributed by atoms with van der Waals surface area (Å²) in [5, 5.41) is 7.06. The van der Waals surface area contributed by atoms with Crippen molar-refractivity contribution in [1.29, 1.82) is 0 Å². The normalized spacial score (nSPS) is 11.6. The second kappa shape index (κ2) is 6.85. The second-order valence-corrected chi connectivity index (χ2v) is 4.69. The molecule has 0 amide bonds. The zero-order valence-electron chi connectivity index (χ0n) is 10.8. The summed E-state index contributed by atoms with van der Waals surface area (Å²) in [6, 6.07) is 16.2. The maximum absolute atomic E-state index is 5.28. The van der Waals surface area contributed by atoms with E-state index in [1.54, 1.807) is 6.20 Å². The molecule has 0 aliphatic rings. The van der Waals surface area contributed by atoms with Gasteiger partial charge < -0.3 is 10.6 Å². The minimum Gasteiger partial charge on any atom is -0.357 e. The van der Waals surface area contributed by atoms with E-state index >= 15 is 0 Å². The monoisotopic (exact) mass is 271 g/mol. The van der Waals surface area contributed by atoms with Crippen LogP contribution < -0.4 is 10.6 Å². The number of aromatic nitrogens is 1. The third-order valence-electron chi connectivity index (χ3n) is 2.80. The summed E-state index contributed by atoms with van der Waals surface area (Å²) >= 11 is 5.28. The zero-order valence-corrected chi connectivity index (χ0v) is 11.7. The molecule has 1 aromatic heterocycles. The highest BCUT2D eigenvalue weighted by Crippen LogP contribution is 2.10. The Bertz CT molecular complexity index is 513. The van der Waals surface area contributed by atoms with Crippen molar-refractivity contribution in [3.63, 3.8) is 0 Å². The Morgan fingerprint density at radius 3 is 2.58 bits per heavy atom. The first-order valence-electron chi connectivity index (χ1n) is 6.25. The van der Waals surface area contributed by atoms with Crippen LogP contribution in [0.1, 0.15) is 24.2 Å². The van der Waals surface area contributed by atoms with Gasteiger partial charge in [0.2, 0.25) is 0 Å². The summed E-state index contributed by atoms with van der Waals surface area (Å²) in [6.45, 7) is 2.72. The van der Waals surface area contributed by atoms with Crippen LogP contribution >= 0.6 is 12.2 Å². The molecule has 19 heavy (non-hydrogen) atoms. The van der Waals surface area contributed by atoms with Crippen LogP contribution in [0.3, 0.4) is 0 Å². The van der Waals surface area contributed by atoms with Gasteiger partial charge in [0.15, 0.2) is 5.11 Å². The molecule has 0 fully saturated rings. The van der Waals surface area contributed by atoms with Crippen molar-refractivity contribution in [1.82, 2.24) is 15.6 Å². The number of thiocarbonyl (C=S) groups is 1. The Morgan fingerprint density at radius 2 is 1.89 bits per heavy atom. The van der Waals surface area contributed by atoms with Gasteiger partial charge in [-0.3, -0.25) is 4.98 Å². The first kappa shape index (κ1) is 13.5. The average molecular weight is 271 g/mol. The maximum Gasteiger partial charge on any atom is 0.167 e. The van der Waals surface area contributed by atoms with Gasteiger partial charge in [-0.25, -0.2) is 0 Å². The Hall–Kier alpha value is -1.94. The highest BCUT2D eigenvalue weighted by Gasteiger charge is 2.05. The third-order valence-corrected chi connectivity index (χ3v) is 3.07. The molecule has 1 heterocycles. The van der Waals surface area contributed by atoms with Gasteiger partial charge in [0.1, 0.15) is 0 Å². The zero-order chi connectivity index (χ0) is 13.5. The topological polar surface area (TPSA) is 37.0 Å². The van der Waals surface area contributed by atoms with E-state index in [0.29, 0.717) is 11.7 Å². The first-order chi connectivity index (χ1) is 9.25. The van der Waals surface area contributed by atoms with Crippen molar-refractivity contribution >= 4 is 17.3 Å². The molecular weight excluding hydrogens is 254 g/mol. The van der Waals surface area contributed by atoms with Crippen LogP contribution in [0.15, 0.2) is 54.7 Å². The molecule has 0 saturated carbocycles. The molecule has 0 spiro atoms. The second-order valence-electron chi connectivity index (χ2n) is 4.28. The fourth-order valence-electron chi connectivity index (χ4n) is 1.75. The summed E-state index contributed by atoms with van der Waals surface area (Å²) in [7, 11) is 0. The Kier molecular flexibility index (Phi) is 4.86. The van der Waals surface area contributed by atoms with Crippen LogP contribution in [0.25, 0.3) is 0 Å². The van der Waals surface area contributed by atoms with Gasteiger partial charge in [-0.1, -0.05) is 36.4 Å². The molecule has 98 valence electrons. The molecule has 4 heteroatoms. The largest absolute Gasteiger partial charge is 0.357 e. The lowest BCUT2D eigenvalue weighted by molar-refractivity contribution is 0.695. The van der Waals surface area contributed by atoms with E-state index in [2.05, 4.69) is 34.7 Å². The van der Waals surface area contributed by atoms with Crippen molar-refractivity contribution in [2.75, 3.05) is 0 Å². The van der Waals surface area contributed by atoms with Crippen LogP contribution in [0.4, 0.5) is 0 Å². The summed E-state index contributed by atoms with van der Waals surface area (Å²) in [4.78, 5) is 4.24. The summed E-state index contributed by atoms with van der Waals surface area (Å²) in [6.07, 6.45) is 1.78. The quantitative estimate of drug-likeness (QED) is 0.839. The van der Waals surface area contributed by atoms with Gasteiger partial charge in [0, 0.05) is 6.20 Å². The molecule has 0 saturated heterocycles. The lowest BCUT2D eigenvalue weighted by Gasteiger charge is -2.17. The lowest BCUT2D eigenvalue weighted by atomic mass is 10.1. The standard InChI is InChI=1S/C15H17N3S/c1-12(13-7-3-2-4-8-13)18-15(19)17-11-14-9-5-6-10-16-14/h2-10,12H,11H2,1H3,(H2,17,18,19). The minimum absolute atomic E-state index is 0.185. The molecule has 2 N–H and O–H groups in total. The van der Waals surface area contributed by atoms with Crippen molar-refractivity contribution < 1.29 is 0 Å². The minimum atomic E-state index is 0.185. The lowest BCUT2D eigenvalue weighted by Crippen LogP contribution is -2.36. The maximum atomic E-state index is 5.28. The molecule has 2 aromatic rings. The van der Waals surface area contributed by atoms with Crippen LogP contribution in [-0.4, -0.2) is 10.1 Å². The van der Waals surface area contributed by atoms with Crippen molar-refractivity contribution in [3.05, 3.63) is 66.0 Å². The summed E-state index contributed by atoms with van der Waals surface area (Å²) in [5.41, 5.74) is 2.18. The number of hydrogen-bond donors (Lipinski definition) is 2. The van der Waals surface area contributed by atoms with E-state index in [9.17, 15) is 0 Å². The van der Waals surface area contributed by atoms with Crippen molar-refractivity contribution in [3.8, 4) is 0 Å².